The molecule has 0 unspecified atom stereocenters. The van der Waals surface area contributed by atoms with E-state index in [1.54, 1.807) is 0 Å². The molecule has 5 aromatic rings. The topological polar surface area (TPSA) is 9.23 Å². The Morgan fingerprint density at radius 1 is 0.381 bits per heavy atom. The Kier molecular flexibility index (Phi) is 6.74. The van der Waals surface area contributed by atoms with Crippen LogP contribution in [0.15, 0.2) is 18.2 Å². The Morgan fingerprint density at radius 2 is 0.762 bits per heavy atom. The van der Waals surface area contributed by atoms with Gasteiger partial charge in [0.05, 0.1) is 18.2 Å². The summed E-state index contributed by atoms with van der Waals surface area (Å²) in [6.07, 6.45) is 0. The molecule has 0 aliphatic carbocycles. The van der Waals surface area contributed by atoms with Crippen LogP contribution in [-0.2, 0) is 0 Å². The molecule has 5 rings (SSSR count). The molecule has 0 aliphatic heterocycles. The van der Waals surface area contributed by atoms with Crippen molar-refractivity contribution in [3.63, 3.8) is 0 Å². The fourth-order valence-electron chi connectivity index (χ4n) is 4.69. The molecule has 218 valence electrons. The van der Waals surface area contributed by atoms with Crippen molar-refractivity contribution >= 4 is 21.5 Å². The molecule has 5 aromatic carbocycles. The van der Waals surface area contributed by atoms with E-state index in [1.165, 1.54) is 0 Å². The highest BCUT2D eigenvalue weighted by Crippen LogP contribution is 2.50. The predicted molar refractivity (Wildman–Crippen MR) is 118 cm³/mol. The molecule has 0 saturated heterocycles. The van der Waals surface area contributed by atoms with E-state index >= 15 is 22.0 Å². The van der Waals surface area contributed by atoms with Crippen LogP contribution >= 0.6 is 0 Å². The molecular weight excluding hydrogens is 606 g/mol. The number of hydrogen-bond acceptors (Lipinski definition) is 1. The normalized spacial score (nSPS) is 11.7. The third-order valence-corrected chi connectivity index (χ3v) is 6.44. The first-order chi connectivity index (χ1) is 19.7. The maximum absolute atomic E-state index is 15.4. The fraction of sp³-hybridized carbons (Fsp3) is 0.0370. The largest absolute Gasteiger partial charge is 0.491 e. The van der Waals surface area contributed by atoms with Gasteiger partial charge in [-0.05, 0) is 11.5 Å². The highest BCUT2D eigenvalue weighted by Gasteiger charge is 2.37. The highest BCUT2D eigenvalue weighted by molar-refractivity contribution is 6.22. The smallest absolute Gasteiger partial charge is 0.204 e. The van der Waals surface area contributed by atoms with E-state index in [0.717, 1.165) is 0 Å². The quantitative estimate of drug-likeness (QED) is 0.0855. The van der Waals surface area contributed by atoms with Crippen LogP contribution in [0.4, 0.5) is 61.5 Å². The van der Waals surface area contributed by atoms with Gasteiger partial charge in [-0.15, -0.1) is 0 Å². The molecule has 15 heteroatoms. The molecule has 0 bridgehead atoms. The molecule has 0 atom stereocenters. The number of methoxy groups -OCH3 is 1. The van der Waals surface area contributed by atoms with Crippen molar-refractivity contribution in [3.05, 3.63) is 99.6 Å². The fourth-order valence-corrected chi connectivity index (χ4v) is 4.69. The van der Waals surface area contributed by atoms with Crippen LogP contribution in [0.1, 0.15) is 0 Å². The summed E-state index contributed by atoms with van der Waals surface area (Å²) in [6.45, 7) is 0. The molecule has 42 heavy (non-hydrogen) atoms. The molecule has 0 N–H and O–H groups in total. The Morgan fingerprint density at radius 3 is 1.24 bits per heavy atom. The van der Waals surface area contributed by atoms with Gasteiger partial charge in [-0.25, -0.2) is 52.7 Å². The van der Waals surface area contributed by atoms with E-state index in [4.69, 9.17) is 0 Å². The van der Waals surface area contributed by atoms with Gasteiger partial charge >= 0.3 is 0 Å². The molecule has 0 aromatic heterocycles. The molecule has 0 fully saturated rings. The van der Waals surface area contributed by atoms with E-state index in [1.807, 2.05) is 0 Å². The highest BCUT2D eigenvalue weighted by atomic mass is 19.2. The number of hydrogen-bond donors (Lipinski definition) is 0. The molecule has 0 aliphatic rings. The maximum atomic E-state index is 15.4. The van der Waals surface area contributed by atoms with E-state index in [0.29, 0.717) is 25.3 Å². The standard InChI is InChI=1S/C27H6F14O/c1-42-27-25(40)18(33)12(19(34)26(27)41)8-5-3-2-4-6(28)7(5)9(11-10(8)14(29)20(35)21(36)15(11)30)13-16(31)22(37)24(39)23(38)17(13)32/h2-4H,1H3. The van der Waals surface area contributed by atoms with Crippen LogP contribution in [0.5, 0.6) is 5.75 Å². The summed E-state index contributed by atoms with van der Waals surface area (Å²) in [5.41, 5.74) is -7.62. The molecule has 0 amide bonds. The zero-order chi connectivity index (χ0) is 31.1. The summed E-state index contributed by atoms with van der Waals surface area (Å²) < 4.78 is 211. The van der Waals surface area contributed by atoms with Gasteiger partial charge in [-0.1, -0.05) is 12.1 Å². The maximum Gasteiger partial charge on any atom is 0.204 e. The van der Waals surface area contributed by atoms with Crippen LogP contribution in [-0.4, -0.2) is 7.11 Å². The lowest BCUT2D eigenvalue weighted by molar-refractivity contribution is 0.334. The Balaban J connectivity index is 2.24. The SMILES string of the molecule is COc1c(F)c(F)c(-c2c3cccc(F)c3c(-c3c(F)c(F)c(F)c(F)c3F)c3c(F)c(F)c(F)c(F)c23)c(F)c1F. The van der Waals surface area contributed by atoms with Crippen molar-refractivity contribution in [2.75, 3.05) is 7.11 Å². The summed E-state index contributed by atoms with van der Waals surface area (Å²) in [7, 11) is 0.576. The lowest BCUT2D eigenvalue weighted by Crippen LogP contribution is -2.09. The van der Waals surface area contributed by atoms with Crippen molar-refractivity contribution in [1.82, 2.24) is 0 Å². The van der Waals surface area contributed by atoms with Gasteiger partial charge in [0.15, 0.2) is 63.9 Å². The average molecular weight is 612 g/mol. The van der Waals surface area contributed by atoms with Gasteiger partial charge < -0.3 is 4.74 Å². The summed E-state index contributed by atoms with van der Waals surface area (Å²) in [6, 6.07) is 1.61. The molecule has 0 spiro atoms. The number of halogens is 14. The van der Waals surface area contributed by atoms with Crippen LogP contribution in [0, 0.1) is 81.4 Å². The minimum Gasteiger partial charge on any atom is -0.491 e. The zero-order valence-electron chi connectivity index (χ0n) is 19.9. The van der Waals surface area contributed by atoms with E-state index in [9.17, 15) is 39.5 Å². The van der Waals surface area contributed by atoms with Crippen LogP contribution in [0.25, 0.3) is 43.8 Å². The van der Waals surface area contributed by atoms with Crippen molar-refractivity contribution < 1.29 is 66.2 Å². The van der Waals surface area contributed by atoms with Crippen LogP contribution in [0.2, 0.25) is 0 Å². The second kappa shape index (κ2) is 9.77. The number of fused-ring (bicyclic) bond motifs is 2. The zero-order valence-corrected chi connectivity index (χ0v) is 19.9. The Labute approximate surface area is 223 Å². The van der Waals surface area contributed by atoms with Crippen molar-refractivity contribution in [3.8, 4) is 28.0 Å². The molecular formula is C27H6F14O. The Hall–Kier alpha value is -4.56. The number of ether oxygens (including phenoxy) is 1. The van der Waals surface area contributed by atoms with Gasteiger partial charge in [0.1, 0.15) is 5.82 Å². The van der Waals surface area contributed by atoms with E-state index in [-0.39, 0.29) is 0 Å². The minimum atomic E-state index is -2.78. The molecule has 0 radical (unpaired) electrons. The minimum absolute atomic E-state index is 0.406. The summed E-state index contributed by atoms with van der Waals surface area (Å²) in [5, 5.41) is -6.63. The lowest BCUT2D eigenvalue weighted by atomic mass is 9.84. The first kappa shape index (κ1) is 29.0. The van der Waals surface area contributed by atoms with Crippen LogP contribution in [0.3, 0.4) is 0 Å². The first-order valence-corrected chi connectivity index (χ1v) is 11.0. The van der Waals surface area contributed by atoms with Crippen molar-refractivity contribution in [2.45, 2.75) is 0 Å². The summed E-state index contributed by atoms with van der Waals surface area (Å²) >= 11 is 0. The van der Waals surface area contributed by atoms with Gasteiger partial charge in [0, 0.05) is 27.3 Å². The third-order valence-electron chi connectivity index (χ3n) is 6.44. The van der Waals surface area contributed by atoms with Crippen molar-refractivity contribution in [1.29, 1.82) is 0 Å². The predicted octanol–water partition coefficient (Wildman–Crippen LogP) is 9.28. The molecule has 0 heterocycles. The second-order valence-electron chi connectivity index (χ2n) is 8.53. The molecule has 1 nitrogen and oxygen atoms in total. The summed E-state index contributed by atoms with van der Waals surface area (Å²) in [4.78, 5) is 0. The molecule has 0 saturated carbocycles. The monoisotopic (exact) mass is 612 g/mol. The first-order valence-electron chi connectivity index (χ1n) is 11.0. The van der Waals surface area contributed by atoms with E-state index < -0.39 is 131 Å². The summed E-state index contributed by atoms with van der Waals surface area (Å²) in [5.74, 6) is -37.4. The van der Waals surface area contributed by atoms with E-state index in [2.05, 4.69) is 4.74 Å². The lowest BCUT2D eigenvalue weighted by Gasteiger charge is -2.21. The number of rotatable bonds is 3. The average Bonchev–Trinajstić information content (AvgIpc) is 2.96. The second-order valence-corrected chi connectivity index (χ2v) is 8.53. The van der Waals surface area contributed by atoms with Gasteiger partial charge in [-0.2, -0.15) is 8.78 Å². The van der Waals surface area contributed by atoms with Gasteiger partial charge in [0.25, 0.3) is 0 Å². The number of benzene rings is 5. The van der Waals surface area contributed by atoms with Gasteiger partial charge in [-0.3, -0.25) is 0 Å². The van der Waals surface area contributed by atoms with Crippen LogP contribution < -0.4 is 4.74 Å². The third kappa shape index (κ3) is 3.64. The Bertz CT molecular complexity index is 1960. The van der Waals surface area contributed by atoms with Crippen molar-refractivity contribution in [2.24, 2.45) is 0 Å². The van der Waals surface area contributed by atoms with Gasteiger partial charge in [0.2, 0.25) is 17.5 Å².